The van der Waals surface area contributed by atoms with Gasteiger partial charge in [0.15, 0.2) is 0 Å². The van der Waals surface area contributed by atoms with Gasteiger partial charge >= 0.3 is 0 Å². The molecule has 3 heteroatoms. The molecule has 0 unspecified atom stereocenters. The van der Waals surface area contributed by atoms with Crippen LogP contribution >= 0.6 is 0 Å². The highest BCUT2D eigenvalue weighted by molar-refractivity contribution is 5.96. The van der Waals surface area contributed by atoms with E-state index in [1.165, 1.54) is 0 Å². The number of rotatable bonds is 7. The summed E-state index contributed by atoms with van der Waals surface area (Å²) in [6.07, 6.45) is 4.14. The van der Waals surface area contributed by atoms with E-state index < -0.39 is 0 Å². The first-order valence-corrected chi connectivity index (χ1v) is 6.78. The topological polar surface area (TPSA) is 40.5 Å². The van der Waals surface area contributed by atoms with Gasteiger partial charge in [0, 0.05) is 13.1 Å². The smallest absolute Gasteiger partial charge is 0.257 e. The van der Waals surface area contributed by atoms with E-state index >= 15 is 0 Å². The molecule has 100 valence electrons. The molecule has 18 heavy (non-hydrogen) atoms. The van der Waals surface area contributed by atoms with Crippen molar-refractivity contribution in [3.8, 4) is 5.75 Å². The van der Waals surface area contributed by atoms with Gasteiger partial charge in [-0.1, -0.05) is 38.8 Å². The summed E-state index contributed by atoms with van der Waals surface area (Å²) in [7, 11) is 0. The summed E-state index contributed by atoms with van der Waals surface area (Å²) in [6, 6.07) is 6.76. The minimum atomic E-state index is -0.0602. The summed E-state index contributed by atoms with van der Waals surface area (Å²) in [6.45, 7) is 5.76. The minimum Gasteiger partial charge on any atom is -0.507 e. The molecular formula is C15H23NO2. The van der Waals surface area contributed by atoms with Crippen molar-refractivity contribution >= 4 is 5.91 Å². The second-order valence-electron chi connectivity index (χ2n) is 4.52. The Labute approximate surface area is 109 Å². The molecule has 1 rings (SSSR count). The molecule has 0 aromatic heterocycles. The fraction of sp³-hybridized carbons (Fsp3) is 0.533. The Morgan fingerprint density at radius 3 is 2.17 bits per heavy atom. The average molecular weight is 249 g/mol. The Hall–Kier alpha value is -1.51. The molecule has 0 aliphatic carbocycles. The third-order valence-electron chi connectivity index (χ3n) is 2.98. The molecule has 0 aliphatic heterocycles. The molecule has 1 aromatic rings. The highest BCUT2D eigenvalue weighted by Gasteiger charge is 2.17. The second kappa shape index (κ2) is 7.75. The molecule has 0 saturated carbocycles. The Morgan fingerprint density at radius 2 is 1.67 bits per heavy atom. The summed E-state index contributed by atoms with van der Waals surface area (Å²) in [4.78, 5) is 14.2. The van der Waals surface area contributed by atoms with Crippen molar-refractivity contribution in [2.24, 2.45) is 0 Å². The number of phenols is 1. The Kier molecular flexibility index (Phi) is 6.26. The first kappa shape index (κ1) is 14.6. The van der Waals surface area contributed by atoms with Crippen LogP contribution in [0.4, 0.5) is 0 Å². The quantitative estimate of drug-likeness (QED) is 0.804. The van der Waals surface area contributed by atoms with Crippen LogP contribution in [0.2, 0.25) is 0 Å². The zero-order valence-corrected chi connectivity index (χ0v) is 11.4. The molecule has 0 atom stereocenters. The van der Waals surface area contributed by atoms with Gasteiger partial charge in [0.25, 0.3) is 5.91 Å². The van der Waals surface area contributed by atoms with Crippen molar-refractivity contribution in [1.29, 1.82) is 0 Å². The molecule has 1 aromatic carbocycles. The van der Waals surface area contributed by atoms with Gasteiger partial charge in [-0.2, -0.15) is 0 Å². The summed E-state index contributed by atoms with van der Waals surface area (Å²) in [5.41, 5.74) is 0.407. The van der Waals surface area contributed by atoms with Crippen molar-refractivity contribution in [1.82, 2.24) is 4.90 Å². The van der Waals surface area contributed by atoms with Crippen LogP contribution in [-0.4, -0.2) is 29.0 Å². The fourth-order valence-electron chi connectivity index (χ4n) is 1.84. The van der Waals surface area contributed by atoms with Gasteiger partial charge in [-0.3, -0.25) is 4.79 Å². The SMILES string of the molecule is CCCCN(CCCC)C(=O)c1ccccc1O. The number of carbonyl (C=O) groups excluding carboxylic acids is 1. The number of carbonyl (C=O) groups is 1. The lowest BCUT2D eigenvalue weighted by Crippen LogP contribution is -2.33. The molecule has 0 heterocycles. The van der Waals surface area contributed by atoms with Gasteiger partial charge in [-0.15, -0.1) is 0 Å². The molecule has 0 radical (unpaired) electrons. The van der Waals surface area contributed by atoms with Gasteiger partial charge in [0.05, 0.1) is 5.56 Å². The van der Waals surface area contributed by atoms with Gasteiger partial charge < -0.3 is 10.0 Å². The predicted molar refractivity (Wildman–Crippen MR) is 73.8 cm³/mol. The molecule has 0 bridgehead atoms. The summed E-state index contributed by atoms with van der Waals surface area (Å²) in [5, 5.41) is 9.73. The number of hydrogen-bond acceptors (Lipinski definition) is 2. The van der Waals surface area contributed by atoms with Crippen LogP contribution in [0.1, 0.15) is 49.9 Å². The lowest BCUT2D eigenvalue weighted by atomic mass is 10.1. The summed E-state index contributed by atoms with van der Waals surface area (Å²) < 4.78 is 0. The maximum Gasteiger partial charge on any atom is 0.257 e. The number of nitrogens with zero attached hydrogens (tertiary/aromatic N) is 1. The standard InChI is InChI=1S/C15H23NO2/c1-3-5-11-16(12-6-4-2)15(18)13-9-7-8-10-14(13)17/h7-10,17H,3-6,11-12H2,1-2H3. The molecule has 0 fully saturated rings. The van der Waals surface area contributed by atoms with Crippen LogP contribution in [0.15, 0.2) is 24.3 Å². The molecule has 0 aliphatic rings. The highest BCUT2D eigenvalue weighted by Crippen LogP contribution is 2.18. The first-order chi connectivity index (χ1) is 8.70. The normalized spacial score (nSPS) is 10.3. The monoisotopic (exact) mass is 249 g/mol. The number of para-hydroxylation sites is 1. The Bertz CT molecular complexity index is 369. The van der Waals surface area contributed by atoms with Crippen molar-refractivity contribution in [3.63, 3.8) is 0 Å². The second-order valence-corrected chi connectivity index (χ2v) is 4.52. The number of benzene rings is 1. The average Bonchev–Trinajstić information content (AvgIpc) is 2.39. The number of phenolic OH excluding ortho intramolecular Hbond substituents is 1. The maximum atomic E-state index is 12.3. The van der Waals surface area contributed by atoms with Crippen LogP contribution < -0.4 is 0 Å². The highest BCUT2D eigenvalue weighted by atomic mass is 16.3. The summed E-state index contributed by atoms with van der Waals surface area (Å²) in [5.74, 6) is 0.00972. The molecule has 0 spiro atoms. The zero-order chi connectivity index (χ0) is 13.4. The van der Waals surface area contributed by atoms with E-state index in [4.69, 9.17) is 0 Å². The zero-order valence-electron chi connectivity index (χ0n) is 11.4. The summed E-state index contributed by atoms with van der Waals surface area (Å²) >= 11 is 0. The van der Waals surface area contributed by atoms with Gasteiger partial charge in [-0.25, -0.2) is 0 Å². The lowest BCUT2D eigenvalue weighted by Gasteiger charge is -2.22. The Balaban J connectivity index is 2.77. The van der Waals surface area contributed by atoms with Gasteiger partial charge in [-0.05, 0) is 25.0 Å². The van der Waals surface area contributed by atoms with E-state index in [9.17, 15) is 9.90 Å². The van der Waals surface area contributed by atoms with Crippen molar-refractivity contribution in [3.05, 3.63) is 29.8 Å². The number of aromatic hydroxyl groups is 1. The fourth-order valence-corrected chi connectivity index (χ4v) is 1.84. The maximum absolute atomic E-state index is 12.3. The van der Waals surface area contributed by atoms with E-state index in [2.05, 4.69) is 13.8 Å². The van der Waals surface area contributed by atoms with Crippen LogP contribution in [-0.2, 0) is 0 Å². The number of unbranched alkanes of at least 4 members (excludes halogenated alkanes) is 2. The third kappa shape index (κ3) is 4.06. The van der Waals surface area contributed by atoms with E-state index in [0.29, 0.717) is 5.56 Å². The first-order valence-electron chi connectivity index (χ1n) is 6.78. The molecular weight excluding hydrogens is 226 g/mol. The van der Waals surface area contributed by atoms with Crippen LogP contribution in [0.5, 0.6) is 5.75 Å². The number of hydrogen-bond donors (Lipinski definition) is 1. The minimum absolute atomic E-state index is 0.0602. The Morgan fingerprint density at radius 1 is 1.11 bits per heavy atom. The van der Waals surface area contributed by atoms with Crippen molar-refractivity contribution in [2.75, 3.05) is 13.1 Å². The van der Waals surface area contributed by atoms with Gasteiger partial charge in [0.2, 0.25) is 0 Å². The van der Waals surface area contributed by atoms with E-state index in [1.807, 2.05) is 4.90 Å². The van der Waals surface area contributed by atoms with Crippen LogP contribution in [0, 0.1) is 0 Å². The molecule has 0 saturated heterocycles. The van der Waals surface area contributed by atoms with Crippen LogP contribution in [0.3, 0.4) is 0 Å². The molecule has 1 N–H and O–H groups in total. The molecule has 1 amide bonds. The van der Waals surface area contributed by atoms with Gasteiger partial charge in [0.1, 0.15) is 5.75 Å². The van der Waals surface area contributed by atoms with E-state index in [-0.39, 0.29) is 11.7 Å². The largest absolute Gasteiger partial charge is 0.507 e. The number of amides is 1. The van der Waals surface area contributed by atoms with E-state index in [1.54, 1.807) is 24.3 Å². The lowest BCUT2D eigenvalue weighted by molar-refractivity contribution is 0.0748. The van der Waals surface area contributed by atoms with Crippen molar-refractivity contribution in [2.45, 2.75) is 39.5 Å². The van der Waals surface area contributed by atoms with Crippen LogP contribution in [0.25, 0.3) is 0 Å². The third-order valence-corrected chi connectivity index (χ3v) is 2.98. The predicted octanol–water partition coefficient (Wildman–Crippen LogP) is 3.43. The van der Waals surface area contributed by atoms with E-state index in [0.717, 1.165) is 38.8 Å². The molecule has 3 nitrogen and oxygen atoms in total. The van der Waals surface area contributed by atoms with Crippen molar-refractivity contribution < 1.29 is 9.90 Å².